The summed E-state index contributed by atoms with van der Waals surface area (Å²) in [6.07, 6.45) is 2.62. The largest absolute Gasteiger partial charge is 0.502 e. The lowest BCUT2D eigenvalue weighted by molar-refractivity contribution is 0.0726. The number of pyridine rings is 1. The first-order valence-corrected chi connectivity index (χ1v) is 6.95. The first-order valence-electron chi connectivity index (χ1n) is 6.95. The van der Waals surface area contributed by atoms with Crippen molar-refractivity contribution in [3.05, 3.63) is 27.2 Å². The standard InChI is InChI=1S/C14H17N3O4/c1-16-10(12(15)19)8-4-5-17(6-7-2-3-7)13(20)9(8)11(18)14(16)21/h7,18H,2-6H2,1H3,(H2,15,19). The van der Waals surface area contributed by atoms with Crippen molar-refractivity contribution in [2.75, 3.05) is 13.1 Å². The molecule has 2 amide bonds. The van der Waals surface area contributed by atoms with E-state index in [2.05, 4.69) is 0 Å². The van der Waals surface area contributed by atoms with E-state index < -0.39 is 17.2 Å². The highest BCUT2D eigenvalue weighted by atomic mass is 16.3. The molecule has 3 N–H and O–H groups in total. The second-order valence-electron chi connectivity index (χ2n) is 5.72. The lowest BCUT2D eigenvalue weighted by Crippen LogP contribution is -2.42. The first-order chi connectivity index (χ1) is 9.91. The molecule has 21 heavy (non-hydrogen) atoms. The van der Waals surface area contributed by atoms with Gasteiger partial charge in [-0.1, -0.05) is 0 Å². The van der Waals surface area contributed by atoms with Crippen LogP contribution in [0.3, 0.4) is 0 Å². The van der Waals surface area contributed by atoms with Crippen LogP contribution in [0.5, 0.6) is 5.75 Å². The molecule has 0 atom stereocenters. The summed E-state index contributed by atoms with van der Waals surface area (Å²) in [6.45, 7) is 1.11. The Bertz CT molecular complexity index is 703. The number of aromatic hydroxyl groups is 1. The van der Waals surface area contributed by atoms with Gasteiger partial charge in [0.15, 0.2) is 5.75 Å². The van der Waals surface area contributed by atoms with Crippen molar-refractivity contribution in [2.24, 2.45) is 18.7 Å². The Morgan fingerprint density at radius 3 is 2.62 bits per heavy atom. The van der Waals surface area contributed by atoms with E-state index in [4.69, 9.17) is 5.73 Å². The van der Waals surface area contributed by atoms with Crippen LogP contribution in [0, 0.1) is 5.92 Å². The minimum Gasteiger partial charge on any atom is -0.502 e. The zero-order chi connectivity index (χ0) is 15.3. The predicted molar refractivity (Wildman–Crippen MR) is 74.2 cm³/mol. The van der Waals surface area contributed by atoms with Crippen LogP contribution in [0.1, 0.15) is 39.3 Å². The van der Waals surface area contributed by atoms with Crippen molar-refractivity contribution < 1.29 is 14.7 Å². The summed E-state index contributed by atoms with van der Waals surface area (Å²) in [7, 11) is 1.36. The van der Waals surface area contributed by atoms with Gasteiger partial charge in [0.25, 0.3) is 17.4 Å². The summed E-state index contributed by atoms with van der Waals surface area (Å²) in [4.78, 5) is 37.7. The number of carbonyl (C=O) groups excluding carboxylic acids is 2. The smallest absolute Gasteiger partial charge is 0.293 e. The molecule has 1 aliphatic carbocycles. The van der Waals surface area contributed by atoms with Gasteiger partial charge in [0.05, 0.1) is 5.56 Å². The molecule has 112 valence electrons. The number of hydrogen-bond acceptors (Lipinski definition) is 4. The monoisotopic (exact) mass is 291 g/mol. The van der Waals surface area contributed by atoms with Crippen LogP contribution < -0.4 is 11.3 Å². The Kier molecular flexibility index (Phi) is 3.00. The van der Waals surface area contributed by atoms with Crippen molar-refractivity contribution in [3.8, 4) is 5.75 Å². The van der Waals surface area contributed by atoms with Crippen LogP contribution in [0.15, 0.2) is 4.79 Å². The number of fused-ring (bicyclic) bond motifs is 1. The lowest BCUT2D eigenvalue weighted by Gasteiger charge is -2.30. The molecule has 1 aromatic rings. The van der Waals surface area contributed by atoms with E-state index in [1.54, 1.807) is 4.90 Å². The maximum Gasteiger partial charge on any atom is 0.293 e. The molecule has 1 fully saturated rings. The van der Waals surface area contributed by atoms with Gasteiger partial charge in [0.2, 0.25) is 0 Å². The topological polar surface area (TPSA) is 106 Å². The Morgan fingerprint density at radius 1 is 1.38 bits per heavy atom. The Hall–Kier alpha value is -2.31. The average Bonchev–Trinajstić information content (AvgIpc) is 3.23. The number of amides is 2. The molecule has 0 bridgehead atoms. The molecular weight excluding hydrogens is 274 g/mol. The zero-order valence-corrected chi connectivity index (χ0v) is 11.8. The number of primary amides is 1. The van der Waals surface area contributed by atoms with Crippen molar-refractivity contribution in [2.45, 2.75) is 19.3 Å². The molecule has 3 rings (SSSR count). The predicted octanol–water partition coefficient (Wildman–Crippen LogP) is -0.402. The Labute approximate surface area is 121 Å². The molecule has 1 aromatic heterocycles. The number of carbonyl (C=O) groups is 2. The molecule has 2 heterocycles. The van der Waals surface area contributed by atoms with E-state index >= 15 is 0 Å². The van der Waals surface area contributed by atoms with Crippen molar-refractivity contribution in [3.63, 3.8) is 0 Å². The quantitative estimate of drug-likeness (QED) is 0.790. The third-order valence-electron chi connectivity index (χ3n) is 4.21. The third kappa shape index (κ3) is 2.09. The van der Waals surface area contributed by atoms with Gasteiger partial charge in [-0.25, -0.2) is 0 Å². The van der Waals surface area contributed by atoms with Gasteiger partial charge in [0, 0.05) is 20.1 Å². The van der Waals surface area contributed by atoms with Gasteiger partial charge in [-0.15, -0.1) is 0 Å². The van der Waals surface area contributed by atoms with E-state index in [0.717, 1.165) is 17.4 Å². The van der Waals surface area contributed by atoms with Crippen LogP contribution >= 0.6 is 0 Å². The summed E-state index contributed by atoms with van der Waals surface area (Å²) in [5.41, 5.74) is 4.87. The minimum absolute atomic E-state index is 0.00669. The van der Waals surface area contributed by atoms with Crippen LogP contribution in [-0.4, -0.2) is 39.5 Å². The number of rotatable bonds is 3. The summed E-state index contributed by atoms with van der Waals surface area (Å²) in [5, 5.41) is 10.0. The maximum atomic E-state index is 12.5. The maximum absolute atomic E-state index is 12.5. The molecule has 0 unspecified atom stereocenters. The van der Waals surface area contributed by atoms with E-state index in [0.29, 0.717) is 31.0 Å². The Morgan fingerprint density at radius 2 is 2.05 bits per heavy atom. The molecule has 0 saturated heterocycles. The van der Waals surface area contributed by atoms with Gasteiger partial charge in [-0.2, -0.15) is 0 Å². The van der Waals surface area contributed by atoms with Gasteiger partial charge in [-0.05, 0) is 30.7 Å². The highest BCUT2D eigenvalue weighted by Crippen LogP contribution is 2.33. The average molecular weight is 291 g/mol. The first kappa shape index (κ1) is 13.7. The fraction of sp³-hybridized carbons (Fsp3) is 0.500. The SMILES string of the molecule is Cn1c(C(N)=O)c2c(c(O)c1=O)C(=O)N(CC1CC1)CC2. The number of nitrogens with zero attached hydrogens (tertiary/aromatic N) is 2. The molecule has 0 aromatic carbocycles. The molecule has 0 spiro atoms. The van der Waals surface area contributed by atoms with Crippen molar-refractivity contribution >= 4 is 11.8 Å². The minimum atomic E-state index is -0.774. The fourth-order valence-electron chi connectivity index (χ4n) is 2.91. The third-order valence-corrected chi connectivity index (χ3v) is 4.21. The molecule has 7 nitrogen and oxygen atoms in total. The summed E-state index contributed by atoms with van der Waals surface area (Å²) in [5.74, 6) is -1.24. The molecule has 2 aliphatic rings. The number of aromatic nitrogens is 1. The summed E-state index contributed by atoms with van der Waals surface area (Å²) >= 11 is 0. The lowest BCUT2D eigenvalue weighted by atomic mass is 9.96. The highest BCUT2D eigenvalue weighted by molar-refractivity contribution is 6.03. The number of hydrogen-bond donors (Lipinski definition) is 2. The number of nitrogens with two attached hydrogens (primary N) is 1. The van der Waals surface area contributed by atoms with E-state index in [9.17, 15) is 19.5 Å². The van der Waals surface area contributed by atoms with Crippen molar-refractivity contribution in [1.82, 2.24) is 9.47 Å². The van der Waals surface area contributed by atoms with Gasteiger partial charge in [-0.3, -0.25) is 14.4 Å². The molecular formula is C14H17N3O4. The molecule has 0 radical (unpaired) electrons. The fourth-order valence-corrected chi connectivity index (χ4v) is 2.91. The van der Waals surface area contributed by atoms with Crippen LogP contribution in [0.2, 0.25) is 0 Å². The highest BCUT2D eigenvalue weighted by Gasteiger charge is 2.35. The molecule has 1 aliphatic heterocycles. The second-order valence-corrected chi connectivity index (χ2v) is 5.72. The summed E-state index contributed by atoms with van der Waals surface area (Å²) in [6, 6.07) is 0. The van der Waals surface area contributed by atoms with Crippen LogP contribution in [0.25, 0.3) is 0 Å². The summed E-state index contributed by atoms with van der Waals surface area (Å²) < 4.78 is 1.01. The second kappa shape index (κ2) is 4.61. The van der Waals surface area contributed by atoms with Gasteiger partial charge >= 0.3 is 0 Å². The normalized spacial score (nSPS) is 17.8. The van der Waals surface area contributed by atoms with Gasteiger partial charge in [0.1, 0.15) is 5.69 Å². The zero-order valence-electron chi connectivity index (χ0n) is 11.8. The van der Waals surface area contributed by atoms with Gasteiger partial charge < -0.3 is 20.3 Å². The van der Waals surface area contributed by atoms with E-state index in [1.165, 1.54) is 7.05 Å². The van der Waals surface area contributed by atoms with E-state index in [-0.39, 0.29) is 17.2 Å². The van der Waals surface area contributed by atoms with E-state index in [1.807, 2.05) is 0 Å². The Balaban J connectivity index is 2.14. The van der Waals surface area contributed by atoms with Crippen molar-refractivity contribution in [1.29, 1.82) is 0 Å². The molecule has 1 saturated carbocycles. The molecule has 7 heteroatoms. The van der Waals surface area contributed by atoms with Crippen LogP contribution in [0.4, 0.5) is 0 Å². The van der Waals surface area contributed by atoms with Crippen LogP contribution in [-0.2, 0) is 13.5 Å².